The molecule has 110 valence electrons. The van der Waals surface area contributed by atoms with Gasteiger partial charge in [-0.2, -0.15) is 0 Å². The maximum Gasteiger partial charge on any atom is 0.208 e. The quantitative estimate of drug-likeness (QED) is 0.747. The summed E-state index contributed by atoms with van der Waals surface area (Å²) in [5.74, 6) is 1.72. The van der Waals surface area contributed by atoms with Crippen molar-refractivity contribution in [3.05, 3.63) is 17.3 Å². The van der Waals surface area contributed by atoms with Crippen molar-refractivity contribution < 1.29 is 4.42 Å². The Balaban J connectivity index is 2.19. The van der Waals surface area contributed by atoms with E-state index in [1.807, 2.05) is 13.8 Å². The van der Waals surface area contributed by atoms with E-state index < -0.39 is 0 Å². The average Bonchev–Trinajstić information content (AvgIpc) is 2.72. The van der Waals surface area contributed by atoms with Gasteiger partial charge >= 0.3 is 0 Å². The second-order valence-electron chi connectivity index (χ2n) is 5.20. The predicted molar refractivity (Wildman–Crippen MR) is 79.3 cm³/mol. The third-order valence-corrected chi connectivity index (χ3v) is 3.68. The van der Waals surface area contributed by atoms with E-state index in [0.717, 1.165) is 37.0 Å². The van der Waals surface area contributed by atoms with Gasteiger partial charge in [0.05, 0.1) is 12.2 Å². The minimum atomic E-state index is 0.503. The minimum Gasteiger partial charge on any atom is -0.444 e. The van der Waals surface area contributed by atoms with E-state index >= 15 is 0 Å². The molecule has 4 heteroatoms. The van der Waals surface area contributed by atoms with Crippen LogP contribution in [0.2, 0.25) is 0 Å². The molecular formula is C15H29N3O. The number of oxazole rings is 1. The zero-order valence-electron chi connectivity index (χ0n) is 13.1. The van der Waals surface area contributed by atoms with Crippen LogP contribution in [0.25, 0.3) is 0 Å². The number of aromatic nitrogens is 1. The molecule has 0 aliphatic heterocycles. The molecule has 1 rings (SSSR count). The Morgan fingerprint density at radius 1 is 1.26 bits per heavy atom. The van der Waals surface area contributed by atoms with E-state index in [4.69, 9.17) is 4.42 Å². The molecule has 1 aromatic heterocycles. The van der Waals surface area contributed by atoms with Gasteiger partial charge in [0.2, 0.25) is 5.89 Å². The number of rotatable bonds is 9. The molecule has 19 heavy (non-hydrogen) atoms. The van der Waals surface area contributed by atoms with Crippen LogP contribution in [0, 0.1) is 13.8 Å². The highest BCUT2D eigenvalue weighted by Gasteiger charge is 2.08. The van der Waals surface area contributed by atoms with Crippen molar-refractivity contribution in [3.63, 3.8) is 0 Å². The van der Waals surface area contributed by atoms with Gasteiger partial charge in [0.1, 0.15) is 5.76 Å². The molecule has 0 bridgehead atoms. The summed E-state index contributed by atoms with van der Waals surface area (Å²) in [5, 5.41) is 3.47. The number of aryl methyl sites for hydroxylation is 2. The maximum absolute atomic E-state index is 5.56. The summed E-state index contributed by atoms with van der Waals surface area (Å²) in [4.78, 5) is 6.85. The normalized spacial score (nSPS) is 13.2. The van der Waals surface area contributed by atoms with Crippen molar-refractivity contribution in [1.29, 1.82) is 0 Å². The molecule has 1 atom stereocenters. The summed E-state index contributed by atoms with van der Waals surface area (Å²) in [5.41, 5.74) is 0.992. The molecule has 4 nitrogen and oxygen atoms in total. The first-order valence-electron chi connectivity index (χ1n) is 7.45. The Morgan fingerprint density at radius 2 is 1.95 bits per heavy atom. The SMILES string of the molecule is CCN(CC)CCCC(C)NCc1nc(C)c(C)o1. The summed E-state index contributed by atoms with van der Waals surface area (Å²) >= 11 is 0. The molecular weight excluding hydrogens is 238 g/mol. The van der Waals surface area contributed by atoms with Crippen LogP contribution in [0.1, 0.15) is 51.0 Å². The number of hydrogen-bond donors (Lipinski definition) is 1. The van der Waals surface area contributed by atoms with Crippen LogP contribution in [0.3, 0.4) is 0 Å². The molecule has 1 heterocycles. The molecule has 0 fully saturated rings. The van der Waals surface area contributed by atoms with Crippen molar-refractivity contribution in [2.45, 2.75) is 60.0 Å². The summed E-state index contributed by atoms with van der Waals surface area (Å²) in [6.07, 6.45) is 2.43. The molecule has 0 saturated heterocycles. The summed E-state index contributed by atoms with van der Waals surface area (Å²) in [7, 11) is 0. The summed E-state index contributed by atoms with van der Waals surface area (Å²) in [6, 6.07) is 0.503. The van der Waals surface area contributed by atoms with E-state index in [0.29, 0.717) is 6.04 Å². The Hall–Kier alpha value is -0.870. The largest absolute Gasteiger partial charge is 0.444 e. The molecule has 0 amide bonds. The maximum atomic E-state index is 5.56. The van der Waals surface area contributed by atoms with Crippen LogP contribution in [0.15, 0.2) is 4.42 Å². The van der Waals surface area contributed by atoms with Crippen LogP contribution in [0.5, 0.6) is 0 Å². The predicted octanol–water partition coefficient (Wildman–Crippen LogP) is 2.89. The lowest BCUT2D eigenvalue weighted by Crippen LogP contribution is -2.28. The van der Waals surface area contributed by atoms with Crippen LogP contribution >= 0.6 is 0 Å². The third kappa shape index (κ3) is 5.74. The van der Waals surface area contributed by atoms with Gasteiger partial charge in [-0.25, -0.2) is 4.98 Å². The fourth-order valence-corrected chi connectivity index (χ4v) is 2.14. The topological polar surface area (TPSA) is 41.3 Å². The number of nitrogens with zero attached hydrogens (tertiary/aromatic N) is 2. The fourth-order valence-electron chi connectivity index (χ4n) is 2.14. The van der Waals surface area contributed by atoms with Gasteiger partial charge in [-0.05, 0) is 53.2 Å². The van der Waals surface area contributed by atoms with E-state index in [2.05, 4.69) is 36.0 Å². The lowest BCUT2D eigenvalue weighted by atomic mass is 10.1. The molecule has 0 aliphatic rings. The van der Waals surface area contributed by atoms with Gasteiger partial charge in [-0.1, -0.05) is 13.8 Å². The molecule has 0 aromatic carbocycles. The van der Waals surface area contributed by atoms with Crippen molar-refractivity contribution in [2.75, 3.05) is 19.6 Å². The van der Waals surface area contributed by atoms with Gasteiger partial charge in [0.25, 0.3) is 0 Å². The highest BCUT2D eigenvalue weighted by molar-refractivity contribution is 5.05. The number of nitrogens with one attached hydrogen (secondary N) is 1. The molecule has 0 radical (unpaired) electrons. The standard InChI is InChI=1S/C15H29N3O/c1-6-18(7-2)10-8-9-12(3)16-11-15-17-13(4)14(5)19-15/h12,16H,6-11H2,1-5H3. The highest BCUT2D eigenvalue weighted by atomic mass is 16.4. The molecule has 0 spiro atoms. The lowest BCUT2D eigenvalue weighted by molar-refractivity contribution is 0.289. The van der Waals surface area contributed by atoms with Crippen LogP contribution < -0.4 is 5.32 Å². The molecule has 1 N–H and O–H groups in total. The molecule has 0 saturated carbocycles. The molecule has 0 aliphatic carbocycles. The van der Waals surface area contributed by atoms with E-state index in [-0.39, 0.29) is 0 Å². The van der Waals surface area contributed by atoms with Crippen molar-refractivity contribution in [1.82, 2.24) is 15.2 Å². The average molecular weight is 267 g/mol. The Bertz CT molecular complexity index is 339. The monoisotopic (exact) mass is 267 g/mol. The summed E-state index contributed by atoms with van der Waals surface area (Å²) < 4.78 is 5.56. The third-order valence-electron chi connectivity index (χ3n) is 3.68. The van der Waals surface area contributed by atoms with Crippen LogP contribution in [0.4, 0.5) is 0 Å². The molecule has 1 aromatic rings. The second-order valence-corrected chi connectivity index (χ2v) is 5.20. The Kier molecular flexibility index (Phi) is 7.10. The summed E-state index contributed by atoms with van der Waals surface area (Å²) in [6.45, 7) is 14.8. The van der Waals surface area contributed by atoms with Gasteiger partial charge in [-0.3, -0.25) is 0 Å². The van der Waals surface area contributed by atoms with E-state index in [1.165, 1.54) is 19.4 Å². The van der Waals surface area contributed by atoms with Crippen molar-refractivity contribution in [3.8, 4) is 0 Å². The highest BCUT2D eigenvalue weighted by Crippen LogP contribution is 2.08. The zero-order valence-corrected chi connectivity index (χ0v) is 13.1. The Labute approximate surface area is 117 Å². The van der Waals surface area contributed by atoms with Crippen molar-refractivity contribution >= 4 is 0 Å². The van der Waals surface area contributed by atoms with Crippen LogP contribution in [-0.2, 0) is 6.54 Å². The van der Waals surface area contributed by atoms with E-state index in [9.17, 15) is 0 Å². The minimum absolute atomic E-state index is 0.503. The van der Waals surface area contributed by atoms with Crippen molar-refractivity contribution in [2.24, 2.45) is 0 Å². The van der Waals surface area contributed by atoms with Gasteiger partial charge in [0, 0.05) is 6.04 Å². The molecule has 1 unspecified atom stereocenters. The number of hydrogen-bond acceptors (Lipinski definition) is 4. The van der Waals surface area contributed by atoms with Crippen LogP contribution in [-0.4, -0.2) is 35.6 Å². The van der Waals surface area contributed by atoms with E-state index in [1.54, 1.807) is 0 Å². The fraction of sp³-hybridized carbons (Fsp3) is 0.800. The first kappa shape index (κ1) is 16.2. The lowest BCUT2D eigenvalue weighted by Gasteiger charge is -2.19. The first-order chi connectivity index (χ1) is 9.06. The second kappa shape index (κ2) is 8.33. The zero-order chi connectivity index (χ0) is 14.3. The Morgan fingerprint density at radius 3 is 2.47 bits per heavy atom. The van der Waals surface area contributed by atoms with Gasteiger partial charge in [-0.15, -0.1) is 0 Å². The first-order valence-corrected chi connectivity index (χ1v) is 7.45. The van der Waals surface area contributed by atoms with Gasteiger partial charge < -0.3 is 14.6 Å². The smallest absolute Gasteiger partial charge is 0.208 e. The van der Waals surface area contributed by atoms with Gasteiger partial charge in [0.15, 0.2) is 0 Å².